The molecule has 3 aromatic carbocycles. The molecule has 0 saturated carbocycles. The van der Waals surface area contributed by atoms with Crippen molar-refractivity contribution in [1.82, 2.24) is 14.9 Å². The fourth-order valence-electron chi connectivity index (χ4n) is 9.98. The van der Waals surface area contributed by atoms with Crippen LogP contribution in [-0.2, 0) is 67.9 Å². The molecular formula is C48H54N5Na4O21P3S2+2. The van der Waals surface area contributed by atoms with Gasteiger partial charge < -0.3 is 14.7 Å². The van der Waals surface area contributed by atoms with Gasteiger partial charge in [-0.15, -0.1) is 0 Å². The van der Waals surface area contributed by atoms with E-state index >= 15 is 0 Å². The fraction of sp³-hybridized carbons (Fsp3) is 0.375. The van der Waals surface area contributed by atoms with E-state index in [-0.39, 0.29) is 135 Å². The molecule has 5 unspecified atom stereocenters. The van der Waals surface area contributed by atoms with Crippen LogP contribution in [-0.4, -0.2) is 81.0 Å². The van der Waals surface area contributed by atoms with Crippen LogP contribution in [0.4, 0.5) is 11.4 Å². The van der Waals surface area contributed by atoms with Crippen LogP contribution >= 0.6 is 34.1 Å². The number of anilines is 1. The van der Waals surface area contributed by atoms with Gasteiger partial charge in [-0.25, -0.2) is 8.42 Å². The Hall–Kier alpha value is -1.13. The number of allylic oxidation sites excluding steroid dienone is 6. The molecule has 83 heavy (non-hydrogen) atoms. The van der Waals surface area contributed by atoms with E-state index in [0.29, 0.717) is 48.0 Å². The zero-order valence-corrected chi connectivity index (χ0v) is 59.1. The molecule has 26 nitrogen and oxygen atoms in total. The van der Waals surface area contributed by atoms with Gasteiger partial charge in [-0.05, 0) is 86.4 Å². The Morgan fingerprint density at radius 3 is 2.33 bits per heavy atom. The van der Waals surface area contributed by atoms with E-state index in [0.717, 1.165) is 56.7 Å². The van der Waals surface area contributed by atoms with Gasteiger partial charge in [-0.2, -0.15) is 8.91 Å². The zero-order chi connectivity index (χ0) is 57.7. The molecule has 1 fully saturated rings. The molecule has 0 bridgehead atoms. The predicted octanol–water partition coefficient (Wildman–Crippen LogP) is -7.91. The Kier molecular flexibility index (Phi) is 29.4. The van der Waals surface area contributed by atoms with Crippen molar-refractivity contribution in [2.75, 3.05) is 24.6 Å². The third-order valence-electron chi connectivity index (χ3n) is 13.8. The van der Waals surface area contributed by atoms with Crippen LogP contribution in [0.1, 0.15) is 89.6 Å². The second-order valence-electron chi connectivity index (χ2n) is 19.2. The van der Waals surface area contributed by atoms with Crippen molar-refractivity contribution < 1.29 is 213 Å². The third kappa shape index (κ3) is 16.1. The summed E-state index contributed by atoms with van der Waals surface area (Å²) in [5.74, 6) is -0.406. The van der Waals surface area contributed by atoms with Gasteiger partial charge in [0.15, 0.2) is 5.71 Å². The fourth-order valence-corrected chi connectivity index (χ4v) is 15.5. The van der Waals surface area contributed by atoms with Gasteiger partial charge in [-0.1, -0.05) is 44.2 Å². The molecule has 1 saturated heterocycles. The maximum absolute atomic E-state index is 13.0. The van der Waals surface area contributed by atoms with Crippen molar-refractivity contribution >= 4 is 84.1 Å². The first kappa shape index (κ1) is 76.1. The molecule has 4 heterocycles. The smallest absolute Gasteiger partial charge is 0.744 e. The summed E-state index contributed by atoms with van der Waals surface area (Å²) in [6.07, 6.45) is 9.99. The minimum absolute atomic E-state index is 0. The maximum Gasteiger partial charge on any atom is 1.00 e. The summed E-state index contributed by atoms with van der Waals surface area (Å²) in [7, 11) is -13.9. The molecule has 1 aromatic heterocycles. The molecule has 7 rings (SSSR count). The second-order valence-corrected chi connectivity index (χ2v) is 31.5. The number of aromatic nitrogens is 2. The monoisotopic (exact) mass is 1290 g/mol. The number of hydrogen-bond acceptors (Lipinski definition) is 23. The summed E-state index contributed by atoms with van der Waals surface area (Å²) in [5.41, 5.74) is 2.59. The van der Waals surface area contributed by atoms with E-state index in [2.05, 4.69) is 70.4 Å². The van der Waals surface area contributed by atoms with E-state index in [4.69, 9.17) is 14.5 Å². The predicted molar refractivity (Wildman–Crippen MR) is 277 cm³/mol. The average Bonchev–Trinajstić information content (AvgIpc) is 4.23. The van der Waals surface area contributed by atoms with Gasteiger partial charge in [0.25, 0.3) is 0 Å². The Morgan fingerprint density at radius 2 is 1.69 bits per heavy atom. The van der Waals surface area contributed by atoms with Crippen LogP contribution < -0.4 is 160 Å². The van der Waals surface area contributed by atoms with Gasteiger partial charge in [0, 0.05) is 58.8 Å². The van der Waals surface area contributed by atoms with Crippen molar-refractivity contribution in [2.45, 2.75) is 106 Å². The number of rotatable bonds is 25. The Balaban J connectivity index is 0.00000452. The number of aliphatic hydroxyl groups excluding tert-OH is 1. The number of ether oxygens (including phenoxy) is 1. The van der Waals surface area contributed by atoms with Gasteiger partial charge in [0.2, 0.25) is 5.69 Å². The molecule has 3 aliphatic rings. The summed E-state index contributed by atoms with van der Waals surface area (Å²) in [6, 6.07) is 13.9. The molecule has 0 radical (unpaired) electrons. The van der Waals surface area contributed by atoms with Crippen LogP contribution in [0.25, 0.3) is 16.8 Å². The molecule has 0 aliphatic carbocycles. The zero-order valence-electron chi connectivity index (χ0n) is 46.8. The Labute approximate surface area is 570 Å². The second kappa shape index (κ2) is 32.1. The summed E-state index contributed by atoms with van der Waals surface area (Å²) < 4.78 is 86.0. The minimum Gasteiger partial charge on any atom is -0.744 e. The number of unbranched alkanes of at least 4 members (excludes halogenated alkanes) is 2. The SMILES string of the molecule is CCN1/C(=C/C=C/C=C/C2=[N+](CCCCCC(=O)N/C=C/c3cn(C4CC(O)C(COP(O[O-])(OOO)([P+](=O)[O-])[P+](=O)[O-])O4)c(=O)[nH]c3=O)c3ccc4c(S(=O)(=O)[O-])cccc4c3C2(C)C)C(C)(C)c2cc(SOO[O-])ccc21.[Na+].[Na+].[Na+].[Na+]. The van der Waals surface area contributed by atoms with E-state index in [9.17, 15) is 61.9 Å². The standard InChI is InChI=1S/C48H56N5O21P3S2.4Na/c1-6-51-35-21-19-31(78-74-71-59)26-34(35)47(2,3)40(51)16-9-7-10-17-41-48(4,5)44-33-14-13-15-39(79(65,66)67)32(33)20-22-36(44)52(41)25-12-8-11-18-42(55)49-24-23-30-28-53(46(57)50-45(30)56)43-27-37(54)38(69-43)29-68-77(72-60,73-70-58,75(61)62)76(63)64;;;;/h7,9-10,13-17,19-24,26,28,37-38,43,54H,6,8,11-12,18,25,27,29H2,1-5H3,(H5-,49,50,55,56,57,58,59,60,65,66,67);;;;/q;4*+1/p-2/b24-23+;;;;. The van der Waals surface area contributed by atoms with E-state index in [1.807, 2.05) is 62.4 Å². The number of H-pyrrole nitrogens is 1. The third-order valence-corrected chi connectivity index (χ3v) is 24.9. The summed E-state index contributed by atoms with van der Waals surface area (Å²) >= 11 is 0.829. The number of carbonyl (C=O) groups excluding carboxylic acids is 1. The number of benzene rings is 3. The van der Waals surface area contributed by atoms with Crippen LogP contribution in [0.2, 0.25) is 0 Å². The maximum atomic E-state index is 13.0. The summed E-state index contributed by atoms with van der Waals surface area (Å²) in [6.45, 7) is 3.54. The van der Waals surface area contributed by atoms with Crippen LogP contribution in [0.3, 0.4) is 0 Å². The van der Waals surface area contributed by atoms with E-state index < -0.39 is 91.7 Å². The topological polar surface area (TPSA) is 379 Å². The van der Waals surface area contributed by atoms with E-state index in [1.54, 1.807) is 18.2 Å². The van der Waals surface area contributed by atoms with Crippen molar-refractivity contribution in [2.24, 2.45) is 0 Å². The molecule has 4 N–H and O–H groups in total. The van der Waals surface area contributed by atoms with Crippen LogP contribution in [0, 0.1) is 0 Å². The molecule has 35 heteroatoms. The molecule has 0 spiro atoms. The Bertz CT molecular complexity index is 3440. The first-order valence-corrected chi connectivity index (χ1v) is 32.0. The molecule has 5 atom stereocenters. The molecular weight excluding hydrogens is 1230 g/mol. The number of aliphatic hydroxyl groups is 1. The largest absolute Gasteiger partial charge is 1.00 e. The van der Waals surface area contributed by atoms with Gasteiger partial charge >= 0.3 is 296 Å². The molecule has 1 amide bonds. The van der Waals surface area contributed by atoms with Crippen molar-refractivity contribution in [3.8, 4) is 0 Å². The van der Waals surface area contributed by atoms with Gasteiger partial charge in [0.05, 0.1) is 22.4 Å². The quantitative estimate of drug-likeness (QED) is 0.00551. The number of amides is 1. The number of carbonyl (C=O) groups is 1. The molecule has 426 valence electrons. The van der Waals surface area contributed by atoms with Crippen molar-refractivity contribution in [3.05, 3.63) is 135 Å². The number of fused-ring (bicyclic) bond motifs is 4. The molecule has 4 aromatic rings. The van der Waals surface area contributed by atoms with Crippen LogP contribution in [0.5, 0.6) is 0 Å². The number of nitrogens with zero attached hydrogens (tertiary/aromatic N) is 3. The first-order valence-electron chi connectivity index (χ1n) is 24.1. The number of nitrogens with one attached hydrogen (secondary N) is 2. The number of likely N-dealkylation sites (N-methyl/N-ethyl adjacent to an activating group) is 1. The molecule has 3 aliphatic heterocycles. The number of hydrogen-bond donors (Lipinski definition) is 4. The normalized spacial score (nSPS) is 19.5. The van der Waals surface area contributed by atoms with Crippen molar-refractivity contribution in [3.63, 3.8) is 0 Å². The minimum atomic E-state index is -6.81. The summed E-state index contributed by atoms with van der Waals surface area (Å²) in [4.78, 5) is 67.0. The van der Waals surface area contributed by atoms with Crippen LogP contribution in [0.15, 0.2) is 116 Å². The van der Waals surface area contributed by atoms with Gasteiger partial charge in [-0.3, -0.25) is 9.83 Å². The summed E-state index contributed by atoms with van der Waals surface area (Å²) in [5, 5.41) is 51.4. The first-order chi connectivity index (χ1) is 37.4. The Morgan fingerprint density at radius 1 is 0.976 bits per heavy atom. The van der Waals surface area contributed by atoms with Crippen molar-refractivity contribution in [1.29, 1.82) is 0 Å². The van der Waals surface area contributed by atoms with E-state index in [1.165, 1.54) is 18.3 Å². The van der Waals surface area contributed by atoms with Gasteiger partial charge in [0.1, 0.15) is 16.7 Å². The average molecular weight is 1290 g/mol. The number of aromatic amines is 1.